The number of hydrogen-bond donors (Lipinski definition) is 1. The lowest BCUT2D eigenvalue weighted by Crippen LogP contribution is -2.35. The second-order valence-electron chi connectivity index (χ2n) is 5.47. The zero-order valence-corrected chi connectivity index (χ0v) is 12.0. The number of hydrogen-bond acceptors (Lipinski definition) is 3. The maximum absolute atomic E-state index is 6.62. The van der Waals surface area contributed by atoms with Gasteiger partial charge in [-0.05, 0) is 12.8 Å². The first kappa shape index (κ1) is 12.8. The lowest BCUT2D eigenvalue weighted by molar-refractivity contribution is 0.384. The molecule has 2 aromatic rings. The van der Waals surface area contributed by atoms with Crippen LogP contribution >= 0.6 is 11.3 Å². The van der Waals surface area contributed by atoms with Crippen LogP contribution in [0, 0.1) is 0 Å². The Bertz CT molecular complexity index is 525. The highest BCUT2D eigenvalue weighted by Crippen LogP contribution is 2.36. The molecule has 0 spiro atoms. The third kappa shape index (κ3) is 2.72. The van der Waals surface area contributed by atoms with E-state index >= 15 is 0 Å². The second kappa shape index (κ2) is 5.43. The lowest BCUT2D eigenvalue weighted by atomic mass is 9.92. The van der Waals surface area contributed by atoms with E-state index < -0.39 is 0 Å². The van der Waals surface area contributed by atoms with Gasteiger partial charge in [-0.3, -0.25) is 0 Å². The van der Waals surface area contributed by atoms with Gasteiger partial charge >= 0.3 is 0 Å². The first-order valence-corrected chi connectivity index (χ1v) is 7.96. The van der Waals surface area contributed by atoms with Gasteiger partial charge in [-0.25, -0.2) is 4.98 Å². The fourth-order valence-electron chi connectivity index (χ4n) is 2.82. The molecule has 0 unspecified atom stereocenters. The Hall–Kier alpha value is -1.19. The van der Waals surface area contributed by atoms with Crippen LogP contribution in [0.2, 0.25) is 0 Å². The summed E-state index contributed by atoms with van der Waals surface area (Å²) in [7, 11) is 0. The van der Waals surface area contributed by atoms with Crippen molar-refractivity contribution in [2.24, 2.45) is 5.73 Å². The smallest absolute Gasteiger partial charge is 0.113 e. The van der Waals surface area contributed by atoms with Crippen LogP contribution in [0.4, 0.5) is 0 Å². The number of aromatic nitrogens is 1. The number of rotatable bonds is 2. The Kier molecular flexibility index (Phi) is 3.67. The van der Waals surface area contributed by atoms with Crippen LogP contribution in [-0.2, 0) is 5.54 Å². The second-order valence-corrected chi connectivity index (χ2v) is 6.33. The van der Waals surface area contributed by atoms with Gasteiger partial charge in [0.1, 0.15) is 5.01 Å². The summed E-state index contributed by atoms with van der Waals surface area (Å²) in [6.45, 7) is 0. The van der Waals surface area contributed by atoms with E-state index in [1.807, 2.05) is 6.07 Å². The van der Waals surface area contributed by atoms with Gasteiger partial charge in [0.05, 0.1) is 11.2 Å². The Labute approximate surface area is 118 Å². The minimum atomic E-state index is -0.186. The minimum Gasteiger partial charge on any atom is -0.319 e. The summed E-state index contributed by atoms with van der Waals surface area (Å²) >= 11 is 1.72. The van der Waals surface area contributed by atoms with Gasteiger partial charge in [0.15, 0.2) is 0 Å². The van der Waals surface area contributed by atoms with Gasteiger partial charge in [0.2, 0.25) is 0 Å². The zero-order chi connectivity index (χ0) is 13.1. The molecule has 0 bridgehead atoms. The first-order valence-electron chi connectivity index (χ1n) is 7.08. The molecule has 0 amide bonds. The summed E-state index contributed by atoms with van der Waals surface area (Å²) in [6.07, 6.45) is 7.25. The summed E-state index contributed by atoms with van der Waals surface area (Å²) in [6, 6.07) is 10.4. The van der Waals surface area contributed by atoms with E-state index in [0.29, 0.717) is 0 Å². The molecule has 0 aliphatic heterocycles. The quantitative estimate of drug-likeness (QED) is 0.827. The molecule has 1 aliphatic rings. The average molecular weight is 272 g/mol. The van der Waals surface area contributed by atoms with Crippen molar-refractivity contribution >= 4 is 11.3 Å². The van der Waals surface area contributed by atoms with Crippen LogP contribution < -0.4 is 5.73 Å². The van der Waals surface area contributed by atoms with Crippen molar-refractivity contribution in [2.45, 2.75) is 44.1 Å². The van der Waals surface area contributed by atoms with Gasteiger partial charge in [0, 0.05) is 10.9 Å². The van der Waals surface area contributed by atoms with E-state index in [1.54, 1.807) is 11.3 Å². The molecule has 2 N–H and O–H groups in total. The van der Waals surface area contributed by atoms with Crippen molar-refractivity contribution in [2.75, 3.05) is 0 Å². The third-order valence-corrected chi connectivity index (χ3v) is 5.06. The number of thiazole rings is 1. The molecule has 1 aliphatic carbocycles. The van der Waals surface area contributed by atoms with Crippen LogP contribution in [0.15, 0.2) is 35.7 Å². The number of benzene rings is 1. The molecule has 100 valence electrons. The van der Waals surface area contributed by atoms with Crippen LogP contribution in [-0.4, -0.2) is 4.98 Å². The van der Waals surface area contributed by atoms with Crippen molar-refractivity contribution in [3.63, 3.8) is 0 Å². The zero-order valence-electron chi connectivity index (χ0n) is 11.1. The summed E-state index contributed by atoms with van der Waals surface area (Å²) in [5.41, 5.74) is 8.68. The highest BCUT2D eigenvalue weighted by molar-refractivity contribution is 7.10. The fraction of sp³-hybridized carbons (Fsp3) is 0.438. The maximum atomic E-state index is 6.62. The van der Waals surface area contributed by atoms with Crippen molar-refractivity contribution < 1.29 is 0 Å². The molecule has 1 saturated carbocycles. The van der Waals surface area contributed by atoms with Crippen molar-refractivity contribution in [1.29, 1.82) is 0 Å². The summed E-state index contributed by atoms with van der Waals surface area (Å²) in [4.78, 5) is 4.81. The van der Waals surface area contributed by atoms with E-state index in [0.717, 1.165) is 23.5 Å². The molecule has 1 heterocycles. The van der Waals surface area contributed by atoms with Gasteiger partial charge in [-0.1, -0.05) is 56.0 Å². The Morgan fingerprint density at radius 3 is 2.37 bits per heavy atom. The molecular formula is C16H20N2S. The largest absolute Gasteiger partial charge is 0.319 e. The maximum Gasteiger partial charge on any atom is 0.113 e. The molecular weight excluding hydrogens is 252 g/mol. The monoisotopic (exact) mass is 272 g/mol. The molecule has 3 heteroatoms. The molecule has 1 fully saturated rings. The Balaban J connectivity index is 1.88. The predicted molar refractivity (Wildman–Crippen MR) is 81.1 cm³/mol. The number of nitrogens with zero attached hydrogens (tertiary/aromatic N) is 1. The average Bonchev–Trinajstić information content (AvgIpc) is 2.85. The highest BCUT2D eigenvalue weighted by atomic mass is 32.1. The van der Waals surface area contributed by atoms with E-state index in [9.17, 15) is 0 Å². The minimum absolute atomic E-state index is 0.186. The van der Waals surface area contributed by atoms with Crippen molar-refractivity contribution in [1.82, 2.24) is 4.98 Å². The summed E-state index contributed by atoms with van der Waals surface area (Å²) in [5.74, 6) is 0. The van der Waals surface area contributed by atoms with Gasteiger partial charge in [-0.15, -0.1) is 11.3 Å². The van der Waals surface area contributed by atoms with Crippen molar-refractivity contribution in [3.05, 3.63) is 40.7 Å². The molecule has 1 aromatic carbocycles. The fourth-order valence-corrected chi connectivity index (χ4v) is 3.82. The highest BCUT2D eigenvalue weighted by Gasteiger charge is 2.31. The van der Waals surface area contributed by atoms with Crippen molar-refractivity contribution in [3.8, 4) is 11.3 Å². The summed E-state index contributed by atoms with van der Waals surface area (Å²) in [5, 5.41) is 3.26. The van der Waals surface area contributed by atoms with E-state index in [1.165, 1.54) is 31.2 Å². The van der Waals surface area contributed by atoms with Crippen LogP contribution in [0.5, 0.6) is 0 Å². The predicted octanol–water partition coefficient (Wildman–Crippen LogP) is 4.32. The molecule has 2 nitrogen and oxygen atoms in total. The van der Waals surface area contributed by atoms with E-state index in [2.05, 4.69) is 29.6 Å². The molecule has 19 heavy (non-hydrogen) atoms. The lowest BCUT2D eigenvalue weighted by Gasteiger charge is -2.25. The Morgan fingerprint density at radius 2 is 1.68 bits per heavy atom. The molecule has 1 aromatic heterocycles. The molecule has 0 radical (unpaired) electrons. The number of nitrogens with two attached hydrogens (primary N) is 1. The van der Waals surface area contributed by atoms with E-state index in [-0.39, 0.29) is 5.54 Å². The SMILES string of the molecule is NC1(c2nc(-c3ccccc3)cs2)CCCCCC1. The Morgan fingerprint density at radius 1 is 1.00 bits per heavy atom. The first-order chi connectivity index (χ1) is 9.28. The van der Waals surface area contributed by atoms with Gasteiger partial charge in [0.25, 0.3) is 0 Å². The molecule has 0 atom stereocenters. The van der Waals surface area contributed by atoms with Crippen LogP contribution in [0.25, 0.3) is 11.3 Å². The van der Waals surface area contributed by atoms with Crippen LogP contribution in [0.3, 0.4) is 0 Å². The van der Waals surface area contributed by atoms with Gasteiger partial charge in [-0.2, -0.15) is 0 Å². The normalized spacial score (nSPS) is 19.0. The van der Waals surface area contributed by atoms with Crippen LogP contribution in [0.1, 0.15) is 43.5 Å². The topological polar surface area (TPSA) is 38.9 Å². The third-order valence-electron chi connectivity index (χ3n) is 4.00. The molecule has 0 saturated heterocycles. The van der Waals surface area contributed by atoms with E-state index in [4.69, 9.17) is 10.7 Å². The van der Waals surface area contributed by atoms with Gasteiger partial charge < -0.3 is 5.73 Å². The molecule has 3 rings (SSSR count). The summed E-state index contributed by atoms with van der Waals surface area (Å²) < 4.78 is 0. The standard InChI is InChI=1S/C16H20N2S/c17-16(10-6-1-2-7-11-16)15-18-14(12-19-15)13-8-4-3-5-9-13/h3-5,8-9,12H,1-2,6-7,10-11,17H2.